The molecular formula is C22H24N4O2. The van der Waals surface area contributed by atoms with E-state index in [0.717, 1.165) is 27.9 Å². The van der Waals surface area contributed by atoms with Gasteiger partial charge in [-0.25, -0.2) is 0 Å². The van der Waals surface area contributed by atoms with Crippen LogP contribution >= 0.6 is 0 Å². The molecule has 1 atom stereocenters. The van der Waals surface area contributed by atoms with Crippen molar-refractivity contribution < 1.29 is 9.59 Å². The van der Waals surface area contributed by atoms with Crippen molar-refractivity contribution in [1.29, 1.82) is 0 Å². The van der Waals surface area contributed by atoms with Crippen molar-refractivity contribution in [3.63, 3.8) is 0 Å². The van der Waals surface area contributed by atoms with Crippen molar-refractivity contribution in [3.8, 4) is 11.3 Å². The zero-order chi connectivity index (χ0) is 19.9. The van der Waals surface area contributed by atoms with Crippen LogP contribution in [0.5, 0.6) is 0 Å². The normalized spacial score (nSPS) is 11.6. The Morgan fingerprint density at radius 2 is 1.75 bits per heavy atom. The van der Waals surface area contributed by atoms with E-state index in [4.69, 9.17) is 0 Å². The quantitative estimate of drug-likeness (QED) is 0.591. The Labute approximate surface area is 164 Å². The molecule has 0 fully saturated rings. The molecule has 0 aliphatic carbocycles. The molecule has 1 aromatic heterocycles. The van der Waals surface area contributed by atoms with E-state index in [1.54, 1.807) is 6.20 Å². The second-order valence-electron chi connectivity index (χ2n) is 6.81. The monoisotopic (exact) mass is 376 g/mol. The Bertz CT molecular complexity index is 916. The molecule has 1 unspecified atom stereocenters. The van der Waals surface area contributed by atoms with Gasteiger partial charge in [-0.3, -0.25) is 14.7 Å². The lowest BCUT2D eigenvalue weighted by Gasteiger charge is -2.18. The van der Waals surface area contributed by atoms with E-state index in [-0.39, 0.29) is 24.3 Å². The molecule has 0 aliphatic heterocycles. The van der Waals surface area contributed by atoms with Gasteiger partial charge in [0, 0.05) is 19.7 Å². The maximum atomic E-state index is 12.4. The van der Waals surface area contributed by atoms with Gasteiger partial charge in [-0.1, -0.05) is 54.1 Å². The number of carbonyl (C=O) groups excluding carboxylic acids is 2. The number of rotatable bonds is 7. The zero-order valence-corrected chi connectivity index (χ0v) is 16.0. The fourth-order valence-corrected chi connectivity index (χ4v) is 2.97. The van der Waals surface area contributed by atoms with Gasteiger partial charge in [0.2, 0.25) is 11.8 Å². The first kappa shape index (κ1) is 19.4. The molecule has 0 saturated carbocycles. The van der Waals surface area contributed by atoms with Crippen molar-refractivity contribution in [2.75, 3.05) is 0 Å². The number of amides is 2. The van der Waals surface area contributed by atoms with E-state index in [2.05, 4.69) is 20.8 Å². The van der Waals surface area contributed by atoms with Crippen LogP contribution in [0.15, 0.2) is 60.8 Å². The summed E-state index contributed by atoms with van der Waals surface area (Å²) in [6.07, 6.45) is 1.90. The first-order valence-corrected chi connectivity index (χ1v) is 9.20. The zero-order valence-electron chi connectivity index (χ0n) is 16.0. The summed E-state index contributed by atoms with van der Waals surface area (Å²) in [5.41, 5.74) is 5.04. The highest BCUT2D eigenvalue weighted by molar-refractivity contribution is 5.79. The molecule has 2 amide bonds. The van der Waals surface area contributed by atoms with Crippen LogP contribution in [0.1, 0.15) is 36.1 Å². The van der Waals surface area contributed by atoms with E-state index < -0.39 is 0 Å². The van der Waals surface area contributed by atoms with Gasteiger partial charge in [-0.05, 0) is 29.7 Å². The molecule has 3 N–H and O–H groups in total. The molecule has 0 bridgehead atoms. The molecule has 2 aromatic carbocycles. The summed E-state index contributed by atoms with van der Waals surface area (Å²) in [5, 5.41) is 12.7. The summed E-state index contributed by atoms with van der Waals surface area (Å²) >= 11 is 0. The number of nitrogens with zero attached hydrogens (tertiary/aromatic N) is 1. The van der Waals surface area contributed by atoms with Gasteiger partial charge in [-0.15, -0.1) is 0 Å². The van der Waals surface area contributed by atoms with Gasteiger partial charge in [0.1, 0.15) is 0 Å². The Kier molecular flexibility index (Phi) is 6.22. The fraction of sp³-hybridized carbons (Fsp3) is 0.227. The van der Waals surface area contributed by atoms with Crippen LogP contribution in [0, 0.1) is 6.92 Å². The summed E-state index contributed by atoms with van der Waals surface area (Å²) in [6.45, 7) is 3.89. The largest absolute Gasteiger partial charge is 0.352 e. The topological polar surface area (TPSA) is 86.9 Å². The molecule has 0 spiro atoms. The van der Waals surface area contributed by atoms with Crippen molar-refractivity contribution in [3.05, 3.63) is 77.5 Å². The maximum absolute atomic E-state index is 12.4. The van der Waals surface area contributed by atoms with Gasteiger partial charge in [-0.2, -0.15) is 5.10 Å². The van der Waals surface area contributed by atoms with Gasteiger partial charge in [0.05, 0.1) is 18.2 Å². The maximum Gasteiger partial charge on any atom is 0.222 e. The van der Waals surface area contributed by atoms with Crippen LogP contribution in [0.3, 0.4) is 0 Å². The van der Waals surface area contributed by atoms with E-state index in [1.165, 1.54) is 6.92 Å². The van der Waals surface area contributed by atoms with Crippen LogP contribution in [-0.2, 0) is 16.1 Å². The molecule has 3 aromatic rings. The number of aromatic nitrogens is 2. The summed E-state index contributed by atoms with van der Waals surface area (Å²) in [5.74, 6) is -0.273. The minimum atomic E-state index is -0.346. The first-order valence-electron chi connectivity index (χ1n) is 9.20. The number of aromatic amines is 1. The standard InChI is InChI=1S/C22H24N4O2/c1-15-3-7-19(8-4-15)21(25-16(2)27)13-22(28)23-14-17-5-9-18(10-6-17)20-11-12-24-26-20/h3-12,21H,13-14H2,1-2H3,(H,23,28)(H,24,26)(H,25,27). The highest BCUT2D eigenvalue weighted by Gasteiger charge is 2.17. The highest BCUT2D eigenvalue weighted by atomic mass is 16.2. The van der Waals surface area contributed by atoms with Gasteiger partial charge >= 0.3 is 0 Å². The van der Waals surface area contributed by atoms with Crippen LogP contribution in [0.2, 0.25) is 0 Å². The van der Waals surface area contributed by atoms with Crippen LogP contribution in [-0.4, -0.2) is 22.0 Å². The van der Waals surface area contributed by atoms with E-state index in [1.807, 2.05) is 61.5 Å². The van der Waals surface area contributed by atoms with Crippen molar-refractivity contribution >= 4 is 11.8 Å². The minimum absolute atomic E-state index is 0.114. The molecular weight excluding hydrogens is 352 g/mol. The van der Waals surface area contributed by atoms with Crippen molar-refractivity contribution in [2.24, 2.45) is 0 Å². The average molecular weight is 376 g/mol. The summed E-state index contributed by atoms with van der Waals surface area (Å²) < 4.78 is 0. The fourth-order valence-electron chi connectivity index (χ4n) is 2.97. The number of H-pyrrole nitrogens is 1. The van der Waals surface area contributed by atoms with E-state index >= 15 is 0 Å². The molecule has 28 heavy (non-hydrogen) atoms. The van der Waals surface area contributed by atoms with Crippen LogP contribution in [0.4, 0.5) is 0 Å². The lowest BCUT2D eigenvalue weighted by Crippen LogP contribution is -2.32. The number of nitrogens with one attached hydrogen (secondary N) is 3. The Hall–Kier alpha value is -3.41. The van der Waals surface area contributed by atoms with Crippen LogP contribution < -0.4 is 10.6 Å². The number of carbonyl (C=O) groups is 2. The van der Waals surface area contributed by atoms with E-state index in [0.29, 0.717) is 6.54 Å². The number of aryl methyl sites for hydroxylation is 1. The SMILES string of the molecule is CC(=O)NC(CC(=O)NCc1ccc(-c2ccn[nH]2)cc1)c1ccc(C)cc1. The first-order chi connectivity index (χ1) is 13.5. The minimum Gasteiger partial charge on any atom is -0.352 e. The predicted octanol–water partition coefficient (Wildman–Crippen LogP) is 3.27. The molecule has 0 saturated heterocycles. The van der Waals surface area contributed by atoms with Gasteiger partial charge in [0.25, 0.3) is 0 Å². The summed E-state index contributed by atoms with van der Waals surface area (Å²) in [4.78, 5) is 24.0. The molecule has 0 aliphatic rings. The third-order valence-electron chi connectivity index (χ3n) is 4.50. The lowest BCUT2D eigenvalue weighted by atomic mass is 10.0. The smallest absolute Gasteiger partial charge is 0.222 e. The molecule has 6 nitrogen and oxygen atoms in total. The van der Waals surface area contributed by atoms with Gasteiger partial charge < -0.3 is 10.6 Å². The Morgan fingerprint density at radius 3 is 2.36 bits per heavy atom. The van der Waals surface area contributed by atoms with E-state index in [9.17, 15) is 9.59 Å². The van der Waals surface area contributed by atoms with Crippen molar-refractivity contribution in [2.45, 2.75) is 32.9 Å². The number of benzene rings is 2. The van der Waals surface area contributed by atoms with Gasteiger partial charge in [0.15, 0.2) is 0 Å². The third kappa shape index (κ3) is 5.30. The molecule has 0 radical (unpaired) electrons. The highest BCUT2D eigenvalue weighted by Crippen LogP contribution is 2.19. The van der Waals surface area contributed by atoms with Crippen molar-refractivity contribution in [1.82, 2.24) is 20.8 Å². The second kappa shape index (κ2) is 8.99. The summed E-state index contributed by atoms with van der Waals surface area (Å²) in [6, 6.07) is 17.3. The Balaban J connectivity index is 1.58. The van der Waals surface area contributed by atoms with Crippen LogP contribution in [0.25, 0.3) is 11.3 Å². The second-order valence-corrected chi connectivity index (χ2v) is 6.81. The Morgan fingerprint density at radius 1 is 1.04 bits per heavy atom. The molecule has 3 rings (SSSR count). The molecule has 144 valence electrons. The number of hydrogen-bond donors (Lipinski definition) is 3. The molecule has 6 heteroatoms. The number of hydrogen-bond acceptors (Lipinski definition) is 3. The average Bonchev–Trinajstić information content (AvgIpc) is 3.21. The molecule has 1 heterocycles. The summed E-state index contributed by atoms with van der Waals surface area (Å²) in [7, 11) is 0. The third-order valence-corrected chi connectivity index (χ3v) is 4.50. The lowest BCUT2D eigenvalue weighted by molar-refractivity contribution is -0.122. The predicted molar refractivity (Wildman–Crippen MR) is 108 cm³/mol.